The number of alkyl halides is 3. The largest absolute Gasteiger partial charge is 0.418 e. The Bertz CT molecular complexity index is 1280. The van der Waals surface area contributed by atoms with Crippen LogP contribution in [-0.2, 0) is 6.18 Å². The fourth-order valence-corrected chi connectivity index (χ4v) is 4.29. The molecule has 0 heterocycles. The molecule has 0 saturated heterocycles. The van der Waals surface area contributed by atoms with E-state index in [2.05, 4.69) is 0 Å². The second-order valence-corrected chi connectivity index (χ2v) is 6.63. The zero-order valence-electron chi connectivity index (χ0n) is 12.8. The van der Waals surface area contributed by atoms with Crippen molar-refractivity contribution in [2.45, 2.75) is 6.18 Å². The molecule has 5 aromatic rings. The minimum atomic E-state index is -4.53. The zero-order valence-corrected chi connectivity index (χ0v) is 13.5. The van der Waals surface area contributed by atoms with Gasteiger partial charge in [0, 0.05) is 5.39 Å². The second kappa shape index (κ2) is 4.77. The van der Waals surface area contributed by atoms with Crippen LogP contribution in [0.1, 0.15) is 5.56 Å². The minimum Gasteiger partial charge on any atom is -0.166 e. The summed E-state index contributed by atoms with van der Waals surface area (Å²) in [6.07, 6.45) is -4.53. The first-order valence-corrected chi connectivity index (χ1v) is 8.19. The lowest BCUT2D eigenvalue weighted by Gasteiger charge is -2.19. The summed E-state index contributed by atoms with van der Waals surface area (Å²) in [5.74, 6) is 0. The summed E-state index contributed by atoms with van der Waals surface area (Å²) >= 11 is 6.09. The molecule has 122 valence electrons. The van der Waals surface area contributed by atoms with Gasteiger partial charge in [0.05, 0.1) is 10.6 Å². The van der Waals surface area contributed by atoms with E-state index in [0.717, 1.165) is 26.9 Å². The van der Waals surface area contributed by atoms with Gasteiger partial charge in [0.1, 0.15) is 0 Å². The molecule has 0 amide bonds. The molecule has 0 spiro atoms. The van der Waals surface area contributed by atoms with Crippen molar-refractivity contribution in [3.63, 3.8) is 0 Å². The lowest BCUT2D eigenvalue weighted by atomic mass is 9.87. The highest BCUT2D eigenvalue weighted by Gasteiger charge is 2.36. The van der Waals surface area contributed by atoms with Crippen LogP contribution in [0.15, 0.2) is 60.7 Å². The summed E-state index contributed by atoms with van der Waals surface area (Å²) in [6.45, 7) is 0. The van der Waals surface area contributed by atoms with Crippen LogP contribution in [0.3, 0.4) is 0 Å². The lowest BCUT2D eigenvalue weighted by Crippen LogP contribution is -2.07. The van der Waals surface area contributed by atoms with E-state index >= 15 is 0 Å². The standard InChI is InChI=1S/C21H10ClF3/c22-16-10-12-6-3-8-14-13-7-1-4-11-5-2-9-15(17(11)13)19(18(12)14)20(16)21(23,24)25/h1-10H. The van der Waals surface area contributed by atoms with Gasteiger partial charge in [-0.2, -0.15) is 13.2 Å². The maximum Gasteiger partial charge on any atom is 0.418 e. The molecule has 0 bridgehead atoms. The van der Waals surface area contributed by atoms with Gasteiger partial charge in [-0.25, -0.2) is 0 Å². The molecule has 4 heteroatoms. The molecule has 5 aromatic carbocycles. The van der Waals surface area contributed by atoms with E-state index in [9.17, 15) is 13.2 Å². The number of halogens is 4. The number of hydrogen-bond donors (Lipinski definition) is 0. The van der Waals surface area contributed by atoms with E-state index in [1.54, 1.807) is 12.1 Å². The summed E-state index contributed by atoms with van der Waals surface area (Å²) in [5.41, 5.74) is -0.754. The van der Waals surface area contributed by atoms with Gasteiger partial charge in [-0.15, -0.1) is 0 Å². The maximum atomic E-state index is 13.9. The van der Waals surface area contributed by atoms with Gasteiger partial charge in [0.25, 0.3) is 0 Å². The monoisotopic (exact) mass is 354 g/mol. The van der Waals surface area contributed by atoms with Crippen molar-refractivity contribution in [2.24, 2.45) is 0 Å². The Balaban J connectivity index is 2.26. The first kappa shape index (κ1) is 14.8. The van der Waals surface area contributed by atoms with Crippen molar-refractivity contribution >= 4 is 54.7 Å². The number of benzene rings is 5. The third-order valence-electron chi connectivity index (χ3n) is 4.87. The predicted molar refractivity (Wildman–Crippen MR) is 97.7 cm³/mol. The van der Waals surface area contributed by atoms with Crippen LogP contribution in [0.2, 0.25) is 5.02 Å². The Morgan fingerprint density at radius 3 is 1.84 bits per heavy atom. The van der Waals surface area contributed by atoms with Gasteiger partial charge in [0.15, 0.2) is 0 Å². The molecular formula is C21H10ClF3. The maximum absolute atomic E-state index is 13.9. The van der Waals surface area contributed by atoms with E-state index in [0.29, 0.717) is 10.8 Å². The van der Waals surface area contributed by atoms with Crippen molar-refractivity contribution in [3.8, 4) is 0 Å². The molecule has 0 N–H and O–H groups in total. The highest BCUT2D eigenvalue weighted by molar-refractivity contribution is 6.38. The highest BCUT2D eigenvalue weighted by atomic mass is 35.5. The Labute approximate surface area is 145 Å². The second-order valence-electron chi connectivity index (χ2n) is 6.22. The zero-order chi connectivity index (χ0) is 17.3. The van der Waals surface area contributed by atoms with Crippen LogP contribution in [0, 0.1) is 0 Å². The first-order valence-electron chi connectivity index (χ1n) is 7.82. The molecule has 0 aliphatic carbocycles. The molecule has 0 nitrogen and oxygen atoms in total. The number of hydrogen-bond acceptors (Lipinski definition) is 0. The van der Waals surface area contributed by atoms with Gasteiger partial charge in [0.2, 0.25) is 0 Å². The quantitative estimate of drug-likeness (QED) is 0.200. The molecule has 5 rings (SSSR count). The molecule has 0 fully saturated rings. The van der Waals surface area contributed by atoms with E-state index in [1.807, 2.05) is 42.5 Å². The summed E-state index contributed by atoms with van der Waals surface area (Å²) < 4.78 is 41.6. The first-order chi connectivity index (χ1) is 12.0. The average Bonchev–Trinajstić information content (AvgIpc) is 2.57. The average molecular weight is 355 g/mol. The van der Waals surface area contributed by atoms with Crippen molar-refractivity contribution < 1.29 is 13.2 Å². The molecule has 0 unspecified atom stereocenters. The molecule has 0 atom stereocenters. The van der Waals surface area contributed by atoms with Crippen molar-refractivity contribution in [3.05, 3.63) is 71.2 Å². The third-order valence-corrected chi connectivity index (χ3v) is 5.16. The molecule has 0 aliphatic rings. The van der Waals surface area contributed by atoms with Gasteiger partial charge in [-0.3, -0.25) is 0 Å². The van der Waals surface area contributed by atoms with Crippen LogP contribution in [0.25, 0.3) is 43.1 Å². The Hall–Kier alpha value is -2.52. The van der Waals surface area contributed by atoms with Gasteiger partial charge >= 0.3 is 6.18 Å². The molecular weight excluding hydrogens is 345 g/mol. The minimum absolute atomic E-state index is 0.190. The fraction of sp³-hybridized carbons (Fsp3) is 0.0476. The topological polar surface area (TPSA) is 0 Å². The van der Waals surface area contributed by atoms with Crippen LogP contribution >= 0.6 is 11.6 Å². The number of fused-ring (bicyclic) bond motifs is 2. The summed E-state index contributed by atoms with van der Waals surface area (Å²) in [5, 5.41) is 5.40. The van der Waals surface area contributed by atoms with E-state index in [1.165, 1.54) is 6.07 Å². The normalized spacial score (nSPS) is 12.8. The van der Waals surface area contributed by atoms with Gasteiger partial charge in [-0.1, -0.05) is 66.2 Å². The molecule has 0 radical (unpaired) electrons. The Morgan fingerprint density at radius 1 is 0.640 bits per heavy atom. The Morgan fingerprint density at radius 2 is 1.20 bits per heavy atom. The lowest BCUT2D eigenvalue weighted by molar-refractivity contribution is -0.136. The van der Waals surface area contributed by atoms with Crippen molar-refractivity contribution in [2.75, 3.05) is 0 Å². The Kier molecular flexibility index (Phi) is 2.82. The smallest absolute Gasteiger partial charge is 0.166 e. The van der Waals surface area contributed by atoms with E-state index in [-0.39, 0.29) is 10.4 Å². The van der Waals surface area contributed by atoms with Crippen LogP contribution in [-0.4, -0.2) is 0 Å². The van der Waals surface area contributed by atoms with Crippen LogP contribution < -0.4 is 0 Å². The third kappa shape index (κ3) is 1.90. The molecule has 25 heavy (non-hydrogen) atoms. The SMILES string of the molecule is FC(F)(F)c1c(Cl)cc2cccc3c4cccc5cccc(c1c23)c54. The molecule has 0 aromatic heterocycles. The van der Waals surface area contributed by atoms with Crippen LogP contribution in [0.5, 0.6) is 0 Å². The van der Waals surface area contributed by atoms with E-state index in [4.69, 9.17) is 11.6 Å². The summed E-state index contributed by atoms with van der Waals surface area (Å²) in [4.78, 5) is 0. The van der Waals surface area contributed by atoms with Crippen molar-refractivity contribution in [1.82, 2.24) is 0 Å². The van der Waals surface area contributed by atoms with Gasteiger partial charge in [-0.05, 0) is 43.8 Å². The van der Waals surface area contributed by atoms with Crippen molar-refractivity contribution in [1.29, 1.82) is 0 Å². The van der Waals surface area contributed by atoms with E-state index < -0.39 is 11.7 Å². The van der Waals surface area contributed by atoms with Crippen LogP contribution in [0.4, 0.5) is 13.2 Å². The molecule has 0 saturated carbocycles. The predicted octanol–water partition coefficient (Wildman–Crippen LogP) is 7.41. The number of rotatable bonds is 0. The summed E-state index contributed by atoms with van der Waals surface area (Å²) in [7, 11) is 0. The van der Waals surface area contributed by atoms with Gasteiger partial charge < -0.3 is 0 Å². The fourth-order valence-electron chi connectivity index (χ4n) is 3.97. The molecule has 0 aliphatic heterocycles. The summed E-state index contributed by atoms with van der Waals surface area (Å²) in [6, 6.07) is 18.3. The highest BCUT2D eigenvalue weighted by Crippen LogP contribution is 2.48.